The number of imide groups is 1. The Balaban J connectivity index is 1.32. The van der Waals surface area contributed by atoms with Crippen molar-refractivity contribution in [2.45, 2.75) is 57.7 Å². The third-order valence-corrected chi connectivity index (χ3v) is 8.06. The predicted octanol–water partition coefficient (Wildman–Crippen LogP) is 5.10. The zero-order valence-corrected chi connectivity index (χ0v) is 25.9. The fourth-order valence-corrected chi connectivity index (χ4v) is 5.79. The number of ether oxygens (including phenoxy) is 2. The van der Waals surface area contributed by atoms with Gasteiger partial charge in [0.15, 0.2) is 6.04 Å². The molecule has 2 aliphatic rings. The van der Waals surface area contributed by atoms with Crippen molar-refractivity contribution in [3.8, 4) is 5.75 Å². The van der Waals surface area contributed by atoms with Crippen LogP contribution in [0.15, 0.2) is 72.9 Å². The molecule has 0 saturated carbocycles. The standard InChI is InChI=1S/C34H38N4O7/c1-34(2,3)45-33(43)37(20-22-10-12-26(44-4)13-11-22)28-19-23(14-16-35-28)18-27-29(31(40)41)38(30(27)39)32(42)36-17-15-25(21-36)24-8-6-5-7-9-24/h5-14,16,19,25,27,29H,15,17-18,20-21H2,1-4H3,(H,40,41)/t25?,27-,29+/m1/s1. The summed E-state index contributed by atoms with van der Waals surface area (Å²) in [7, 11) is 1.57. The number of hydrogen-bond acceptors (Lipinski definition) is 7. The summed E-state index contributed by atoms with van der Waals surface area (Å²) in [6.45, 7) is 6.33. The first-order chi connectivity index (χ1) is 21.4. The molecule has 3 aromatic rings. The van der Waals surface area contributed by atoms with Gasteiger partial charge in [-0.15, -0.1) is 0 Å². The number of amides is 4. The number of carboxylic acids is 1. The highest BCUT2D eigenvalue weighted by Crippen LogP contribution is 2.35. The molecule has 0 bridgehead atoms. The lowest BCUT2D eigenvalue weighted by Crippen LogP contribution is -2.68. The Morgan fingerprint density at radius 3 is 2.38 bits per heavy atom. The first-order valence-electron chi connectivity index (χ1n) is 14.9. The van der Waals surface area contributed by atoms with E-state index in [1.165, 1.54) is 11.1 Å². The van der Waals surface area contributed by atoms with E-state index in [1.807, 2.05) is 42.5 Å². The molecule has 1 unspecified atom stereocenters. The van der Waals surface area contributed by atoms with Gasteiger partial charge in [-0.3, -0.25) is 9.69 Å². The molecular formula is C34H38N4O7. The molecule has 0 spiro atoms. The molecule has 2 saturated heterocycles. The number of carbonyl (C=O) groups excluding carboxylic acids is 3. The van der Waals surface area contributed by atoms with E-state index in [0.29, 0.717) is 24.4 Å². The Bertz CT molecular complexity index is 1550. The first-order valence-corrected chi connectivity index (χ1v) is 14.9. The number of hydrogen-bond donors (Lipinski definition) is 1. The number of aromatic nitrogens is 1. The molecule has 4 amide bonds. The van der Waals surface area contributed by atoms with E-state index in [9.17, 15) is 24.3 Å². The molecule has 5 rings (SSSR count). The zero-order valence-electron chi connectivity index (χ0n) is 25.9. The summed E-state index contributed by atoms with van der Waals surface area (Å²) in [6.07, 6.45) is 1.70. The smallest absolute Gasteiger partial charge is 0.416 e. The maximum Gasteiger partial charge on any atom is 0.416 e. The number of anilines is 1. The van der Waals surface area contributed by atoms with Crippen LogP contribution in [0.2, 0.25) is 0 Å². The molecule has 2 aromatic carbocycles. The van der Waals surface area contributed by atoms with Gasteiger partial charge in [-0.1, -0.05) is 42.5 Å². The molecule has 11 nitrogen and oxygen atoms in total. The number of likely N-dealkylation sites (tertiary alicyclic amines) is 2. The lowest BCUT2D eigenvalue weighted by Gasteiger charge is -2.44. The number of benzene rings is 2. The van der Waals surface area contributed by atoms with E-state index in [-0.39, 0.29) is 24.7 Å². The molecule has 0 aliphatic carbocycles. The van der Waals surface area contributed by atoms with Gasteiger partial charge in [-0.25, -0.2) is 24.3 Å². The Morgan fingerprint density at radius 2 is 1.73 bits per heavy atom. The quantitative estimate of drug-likeness (QED) is 0.347. The fraction of sp³-hybridized carbons (Fsp3) is 0.382. The molecule has 1 aromatic heterocycles. The number of rotatable bonds is 8. The highest BCUT2D eigenvalue weighted by Gasteiger charge is 2.56. The topological polar surface area (TPSA) is 130 Å². The molecule has 236 valence electrons. The Morgan fingerprint density at radius 1 is 1.02 bits per heavy atom. The minimum atomic E-state index is -1.29. The van der Waals surface area contributed by atoms with Gasteiger partial charge >= 0.3 is 18.1 Å². The molecule has 1 N–H and O–H groups in total. The van der Waals surface area contributed by atoms with E-state index in [1.54, 1.807) is 57.0 Å². The van der Waals surface area contributed by atoms with Crippen molar-refractivity contribution in [3.05, 3.63) is 89.6 Å². The Hall–Kier alpha value is -4.93. The van der Waals surface area contributed by atoms with Crippen molar-refractivity contribution in [3.63, 3.8) is 0 Å². The van der Waals surface area contributed by atoms with Crippen molar-refractivity contribution >= 4 is 29.8 Å². The summed E-state index contributed by atoms with van der Waals surface area (Å²) in [4.78, 5) is 60.5. The highest BCUT2D eigenvalue weighted by molar-refractivity contribution is 6.07. The van der Waals surface area contributed by atoms with Gasteiger partial charge in [-0.05, 0) is 74.6 Å². The molecule has 3 atom stereocenters. The monoisotopic (exact) mass is 614 g/mol. The minimum absolute atomic E-state index is 0.0619. The molecule has 11 heteroatoms. The fourth-order valence-electron chi connectivity index (χ4n) is 5.79. The zero-order chi connectivity index (χ0) is 32.3. The van der Waals surface area contributed by atoms with E-state index in [4.69, 9.17) is 9.47 Å². The number of pyridine rings is 1. The summed E-state index contributed by atoms with van der Waals surface area (Å²) in [5, 5.41) is 10.1. The van der Waals surface area contributed by atoms with Crippen LogP contribution in [0, 0.1) is 5.92 Å². The normalized spacial score (nSPS) is 19.6. The van der Waals surface area contributed by atoms with Crippen LogP contribution >= 0.6 is 0 Å². The van der Waals surface area contributed by atoms with Gasteiger partial charge in [0.2, 0.25) is 5.91 Å². The third kappa shape index (κ3) is 7.08. The maximum atomic E-state index is 13.4. The molecule has 3 heterocycles. The average Bonchev–Trinajstić information content (AvgIpc) is 3.51. The van der Waals surface area contributed by atoms with Crippen LogP contribution in [0.3, 0.4) is 0 Å². The van der Waals surface area contributed by atoms with Crippen molar-refractivity contribution in [2.24, 2.45) is 5.92 Å². The number of carboxylic acid groups (broad SMARTS) is 1. The number of methoxy groups -OCH3 is 1. The van der Waals surface area contributed by atoms with E-state index < -0.39 is 41.6 Å². The van der Waals surface area contributed by atoms with Crippen LogP contribution in [-0.4, -0.2) is 75.7 Å². The van der Waals surface area contributed by atoms with Crippen molar-refractivity contribution < 1.29 is 33.8 Å². The highest BCUT2D eigenvalue weighted by atomic mass is 16.6. The minimum Gasteiger partial charge on any atom is -0.497 e. The molecule has 2 fully saturated rings. The molecule has 45 heavy (non-hydrogen) atoms. The van der Waals surface area contributed by atoms with Crippen molar-refractivity contribution in [1.29, 1.82) is 0 Å². The largest absolute Gasteiger partial charge is 0.497 e. The second-order valence-electron chi connectivity index (χ2n) is 12.4. The molecular weight excluding hydrogens is 576 g/mol. The lowest BCUT2D eigenvalue weighted by molar-refractivity contribution is -0.166. The first kappa shape index (κ1) is 31.5. The number of carbonyl (C=O) groups is 4. The van der Waals surface area contributed by atoms with Crippen molar-refractivity contribution in [1.82, 2.24) is 14.8 Å². The average molecular weight is 615 g/mol. The Kier molecular flexibility index (Phi) is 9.08. The van der Waals surface area contributed by atoms with Crippen LogP contribution < -0.4 is 9.64 Å². The van der Waals surface area contributed by atoms with Crippen LogP contribution in [0.5, 0.6) is 5.75 Å². The summed E-state index contributed by atoms with van der Waals surface area (Å²) < 4.78 is 10.9. The number of aliphatic carboxylic acids is 1. The maximum absolute atomic E-state index is 13.4. The van der Waals surface area contributed by atoms with Crippen LogP contribution in [0.1, 0.15) is 49.8 Å². The van der Waals surface area contributed by atoms with E-state index in [2.05, 4.69) is 4.98 Å². The van der Waals surface area contributed by atoms with Gasteiger partial charge in [-0.2, -0.15) is 0 Å². The van der Waals surface area contributed by atoms with E-state index >= 15 is 0 Å². The predicted molar refractivity (Wildman–Crippen MR) is 166 cm³/mol. The van der Waals surface area contributed by atoms with Gasteiger partial charge < -0.3 is 19.5 Å². The van der Waals surface area contributed by atoms with Crippen molar-refractivity contribution in [2.75, 3.05) is 25.1 Å². The summed E-state index contributed by atoms with van der Waals surface area (Å²) >= 11 is 0. The number of urea groups is 1. The van der Waals surface area contributed by atoms with Gasteiger partial charge in [0, 0.05) is 25.2 Å². The van der Waals surface area contributed by atoms with Crippen LogP contribution in [0.25, 0.3) is 0 Å². The van der Waals surface area contributed by atoms with Gasteiger partial charge in [0.25, 0.3) is 0 Å². The summed E-state index contributed by atoms with van der Waals surface area (Å²) in [5.74, 6) is -1.62. The molecule has 2 aliphatic heterocycles. The van der Waals surface area contributed by atoms with Crippen LogP contribution in [0.4, 0.5) is 15.4 Å². The summed E-state index contributed by atoms with van der Waals surface area (Å²) in [6, 6.07) is 18.5. The van der Waals surface area contributed by atoms with Gasteiger partial charge in [0.1, 0.15) is 17.2 Å². The van der Waals surface area contributed by atoms with Gasteiger partial charge in [0.05, 0.1) is 19.6 Å². The second kappa shape index (κ2) is 13.0. The lowest BCUT2D eigenvalue weighted by atomic mass is 9.82. The second-order valence-corrected chi connectivity index (χ2v) is 12.4. The van der Waals surface area contributed by atoms with E-state index in [0.717, 1.165) is 22.4 Å². The molecule has 0 radical (unpaired) electrons. The number of β-lactam (4-membered cyclic amide) rings is 1. The SMILES string of the molecule is COc1ccc(CN(C(=O)OC(C)(C)C)c2cc(C[C@H]3C(=O)N(C(=O)N4CCC(c5ccccc5)C4)[C@@H]3C(=O)O)ccn2)cc1. The Labute approximate surface area is 262 Å². The third-order valence-electron chi connectivity index (χ3n) is 8.06. The van der Waals surface area contributed by atoms with Crippen LogP contribution in [-0.2, 0) is 27.3 Å². The summed E-state index contributed by atoms with van der Waals surface area (Å²) in [5.41, 5.74) is 1.76. The number of nitrogens with zero attached hydrogens (tertiary/aromatic N) is 4.